The number of nitrogens with two attached hydrogens (primary N) is 1. The fraction of sp³-hybridized carbons (Fsp3) is 1.00. The van der Waals surface area contributed by atoms with Gasteiger partial charge in [0, 0.05) is 5.54 Å². The minimum absolute atomic E-state index is 0.718. The highest BCUT2D eigenvalue weighted by Gasteiger charge is 2.29. The molecule has 0 aliphatic rings. The van der Waals surface area contributed by atoms with Crippen LogP contribution in [0.4, 0.5) is 8.78 Å². The first-order valence-electron chi connectivity index (χ1n) is 4.34. The van der Waals surface area contributed by atoms with Crippen molar-refractivity contribution in [1.82, 2.24) is 9.44 Å². The molecule has 0 aromatic carbocycles. The number of nitrogens with one attached hydrogen (secondary N) is 2. The van der Waals surface area contributed by atoms with Crippen LogP contribution in [-0.4, -0.2) is 33.0 Å². The molecule has 4 N–H and O–H groups in total. The van der Waals surface area contributed by atoms with Crippen LogP contribution in [0, 0.1) is 0 Å². The fourth-order valence-electron chi connectivity index (χ4n) is 0.712. The first-order valence-corrected chi connectivity index (χ1v) is 5.82. The van der Waals surface area contributed by atoms with E-state index in [1.54, 1.807) is 25.5 Å². The highest BCUT2D eigenvalue weighted by molar-refractivity contribution is 7.87. The zero-order chi connectivity index (χ0) is 12.3. The van der Waals surface area contributed by atoms with Gasteiger partial charge in [0.15, 0.2) is 0 Å². The lowest BCUT2D eigenvalue weighted by Gasteiger charge is -2.22. The molecule has 15 heavy (non-hydrogen) atoms. The summed E-state index contributed by atoms with van der Waals surface area (Å²) in [4.78, 5) is 0. The van der Waals surface area contributed by atoms with Crippen LogP contribution in [0.15, 0.2) is 0 Å². The molecule has 0 atom stereocenters. The predicted molar refractivity (Wildman–Crippen MR) is 53.8 cm³/mol. The average Bonchev–Trinajstić information content (AvgIpc) is 1.97. The molecule has 0 bridgehead atoms. The summed E-state index contributed by atoms with van der Waals surface area (Å²) < 4.78 is 51.6. The third kappa shape index (κ3) is 7.60. The van der Waals surface area contributed by atoms with Gasteiger partial charge in [-0.3, -0.25) is 0 Å². The topological polar surface area (TPSA) is 84.2 Å². The van der Waals surface area contributed by atoms with Gasteiger partial charge in [0.2, 0.25) is 0 Å². The van der Waals surface area contributed by atoms with Gasteiger partial charge in [-0.25, -0.2) is 8.78 Å². The summed E-state index contributed by atoms with van der Waals surface area (Å²) in [7, 11) is -3.92. The largest absolute Gasteiger partial charge is 0.325 e. The van der Waals surface area contributed by atoms with Gasteiger partial charge >= 0.3 is 0 Å². The Morgan fingerprint density at radius 2 is 1.73 bits per heavy atom. The van der Waals surface area contributed by atoms with Gasteiger partial charge in [0.1, 0.15) is 0 Å². The van der Waals surface area contributed by atoms with E-state index in [-0.39, 0.29) is 0 Å². The molecule has 5 nitrogen and oxygen atoms in total. The van der Waals surface area contributed by atoms with Gasteiger partial charge in [-0.2, -0.15) is 17.9 Å². The van der Waals surface area contributed by atoms with Gasteiger partial charge < -0.3 is 5.73 Å². The predicted octanol–water partition coefficient (Wildman–Crippen LogP) is -0.197. The lowest BCUT2D eigenvalue weighted by Crippen LogP contribution is -2.50. The molecule has 0 heterocycles. The van der Waals surface area contributed by atoms with E-state index in [4.69, 9.17) is 5.73 Å². The van der Waals surface area contributed by atoms with Crippen molar-refractivity contribution in [3.8, 4) is 0 Å². The first-order chi connectivity index (χ1) is 6.47. The Kier molecular flexibility index (Phi) is 4.59. The Morgan fingerprint density at radius 1 is 1.27 bits per heavy atom. The van der Waals surface area contributed by atoms with E-state index in [1.165, 1.54) is 0 Å². The molecule has 0 amide bonds. The van der Waals surface area contributed by atoms with Crippen molar-refractivity contribution in [2.75, 3.05) is 13.1 Å². The van der Waals surface area contributed by atoms with Crippen LogP contribution in [0.1, 0.15) is 20.8 Å². The number of rotatable bonds is 5. The zero-order valence-electron chi connectivity index (χ0n) is 8.97. The van der Waals surface area contributed by atoms with Gasteiger partial charge in [0.25, 0.3) is 16.1 Å². The van der Waals surface area contributed by atoms with E-state index in [0.29, 0.717) is 0 Å². The van der Waals surface area contributed by atoms with Gasteiger partial charge in [-0.05, 0) is 20.8 Å². The van der Waals surface area contributed by atoms with Crippen molar-refractivity contribution in [3.63, 3.8) is 0 Å². The Bertz CT molecular complexity index is 298. The summed E-state index contributed by atoms with van der Waals surface area (Å²) in [5.41, 5.74) is 4.04. The summed E-state index contributed by atoms with van der Waals surface area (Å²) in [6.07, 6.45) is 0. The van der Waals surface area contributed by atoms with Crippen LogP contribution >= 0.6 is 0 Å². The van der Waals surface area contributed by atoms with Crippen molar-refractivity contribution in [3.05, 3.63) is 0 Å². The number of hydrogen-bond acceptors (Lipinski definition) is 3. The minimum atomic E-state index is -3.92. The van der Waals surface area contributed by atoms with Crippen LogP contribution < -0.4 is 15.2 Å². The highest BCUT2D eigenvalue weighted by Crippen LogP contribution is 2.09. The molecule has 0 unspecified atom stereocenters. The molecular formula is C7H17F2N3O2S. The second kappa shape index (κ2) is 4.69. The summed E-state index contributed by atoms with van der Waals surface area (Å²) >= 11 is 0. The smallest absolute Gasteiger partial charge is 0.277 e. The second-order valence-electron chi connectivity index (χ2n) is 4.24. The summed E-state index contributed by atoms with van der Waals surface area (Å²) in [6, 6.07) is 0. The average molecular weight is 245 g/mol. The van der Waals surface area contributed by atoms with Crippen molar-refractivity contribution in [2.24, 2.45) is 5.73 Å². The Balaban J connectivity index is 4.30. The molecule has 0 spiro atoms. The van der Waals surface area contributed by atoms with Crippen molar-refractivity contribution in [2.45, 2.75) is 32.2 Å². The lowest BCUT2D eigenvalue weighted by atomic mass is 10.1. The number of alkyl halides is 2. The maximum atomic E-state index is 12.6. The summed E-state index contributed by atoms with van der Waals surface area (Å²) in [5.74, 6) is -3.23. The fourth-order valence-corrected chi connectivity index (χ4v) is 1.99. The molecule has 8 heteroatoms. The van der Waals surface area contributed by atoms with E-state index in [1.807, 2.05) is 0 Å². The molecule has 0 fully saturated rings. The molecule has 0 saturated carbocycles. The van der Waals surface area contributed by atoms with Gasteiger partial charge in [0.05, 0.1) is 13.1 Å². The van der Waals surface area contributed by atoms with E-state index in [0.717, 1.165) is 0 Å². The number of hydrogen-bond donors (Lipinski definition) is 3. The molecule has 0 rings (SSSR count). The van der Waals surface area contributed by atoms with Gasteiger partial charge in [-0.1, -0.05) is 0 Å². The minimum Gasteiger partial charge on any atom is -0.325 e. The van der Waals surface area contributed by atoms with Crippen LogP contribution in [0.25, 0.3) is 0 Å². The van der Waals surface area contributed by atoms with Crippen LogP contribution in [0.5, 0.6) is 0 Å². The third-order valence-corrected chi connectivity index (χ3v) is 2.67. The van der Waals surface area contributed by atoms with E-state index in [9.17, 15) is 17.2 Å². The maximum absolute atomic E-state index is 12.6. The molecule has 0 radical (unpaired) electrons. The monoisotopic (exact) mass is 245 g/mol. The Morgan fingerprint density at radius 3 is 2.07 bits per heavy atom. The van der Waals surface area contributed by atoms with E-state index < -0.39 is 34.8 Å². The standard InChI is InChI=1S/C7H17F2N3O2S/c1-6(2,3)12-15(13,14)11-5-7(8,9)4-10/h11-12H,4-5,10H2,1-3H3. The molecule has 92 valence electrons. The first kappa shape index (κ1) is 14.7. The molecule has 0 saturated heterocycles. The summed E-state index contributed by atoms with van der Waals surface area (Å²) in [5, 5.41) is 0. The Labute approximate surface area is 88.6 Å². The zero-order valence-corrected chi connectivity index (χ0v) is 9.79. The van der Waals surface area contributed by atoms with Crippen molar-refractivity contribution in [1.29, 1.82) is 0 Å². The second-order valence-corrected chi connectivity index (χ2v) is 5.74. The molecule has 0 aliphatic carbocycles. The van der Waals surface area contributed by atoms with Crippen LogP contribution in [-0.2, 0) is 10.2 Å². The van der Waals surface area contributed by atoms with Crippen LogP contribution in [0.3, 0.4) is 0 Å². The molecule has 0 aromatic heterocycles. The lowest BCUT2D eigenvalue weighted by molar-refractivity contribution is 0.0169. The van der Waals surface area contributed by atoms with Crippen molar-refractivity contribution < 1.29 is 17.2 Å². The van der Waals surface area contributed by atoms with Crippen LogP contribution in [0.2, 0.25) is 0 Å². The van der Waals surface area contributed by atoms with E-state index >= 15 is 0 Å². The SMILES string of the molecule is CC(C)(C)NS(=O)(=O)NCC(F)(F)CN. The van der Waals surface area contributed by atoms with Crippen molar-refractivity contribution >= 4 is 10.2 Å². The van der Waals surface area contributed by atoms with E-state index in [2.05, 4.69) is 4.72 Å². The third-order valence-electron chi connectivity index (χ3n) is 1.26. The highest BCUT2D eigenvalue weighted by atomic mass is 32.2. The Hall–Kier alpha value is -0.310. The number of halogens is 2. The van der Waals surface area contributed by atoms with Gasteiger partial charge in [-0.15, -0.1) is 0 Å². The molecule has 0 aromatic rings. The quantitative estimate of drug-likeness (QED) is 0.627. The summed E-state index contributed by atoms with van der Waals surface area (Å²) in [6.45, 7) is 2.91. The molecular weight excluding hydrogens is 228 g/mol. The maximum Gasteiger partial charge on any atom is 0.277 e. The molecule has 0 aliphatic heterocycles. The normalized spacial score (nSPS) is 14.3.